The molecule has 0 spiro atoms. The lowest BCUT2D eigenvalue weighted by molar-refractivity contribution is 0.356. The first-order valence-corrected chi connectivity index (χ1v) is 10.4. The molecule has 0 unspecified atom stereocenters. The molecule has 1 aromatic heterocycles. The number of benzene rings is 3. The number of methoxy groups -OCH3 is 2. The van der Waals surface area contributed by atoms with Crippen molar-refractivity contribution in [3.8, 4) is 22.6 Å². The van der Waals surface area contributed by atoms with Crippen LogP contribution < -0.4 is 14.8 Å². The fraction of sp³-hybridized carbons (Fsp3) is 0.167. The highest BCUT2D eigenvalue weighted by Crippen LogP contribution is 2.34. The smallest absolute Gasteiger partial charge is 0.162 e. The molecule has 0 saturated carbocycles. The van der Waals surface area contributed by atoms with E-state index in [9.17, 15) is 0 Å². The van der Waals surface area contributed by atoms with Crippen LogP contribution in [0.2, 0.25) is 10.0 Å². The zero-order valence-corrected chi connectivity index (χ0v) is 18.9. The summed E-state index contributed by atoms with van der Waals surface area (Å²) in [5, 5.41) is 5.52. The van der Waals surface area contributed by atoms with Crippen molar-refractivity contribution < 1.29 is 9.47 Å². The first kappa shape index (κ1) is 21.2. The van der Waals surface area contributed by atoms with E-state index in [4.69, 9.17) is 32.7 Å². The molecule has 0 atom stereocenters. The number of fused-ring (bicyclic) bond motifs is 1. The van der Waals surface area contributed by atoms with Gasteiger partial charge in [-0.15, -0.1) is 0 Å². The molecule has 158 valence electrons. The number of rotatable bonds is 6. The summed E-state index contributed by atoms with van der Waals surface area (Å²) in [6, 6.07) is 17.5. The van der Waals surface area contributed by atoms with Crippen LogP contribution in [0.5, 0.6) is 11.5 Å². The second-order valence-electron chi connectivity index (χ2n) is 7.06. The van der Waals surface area contributed by atoms with Crippen molar-refractivity contribution in [1.29, 1.82) is 0 Å². The standard InChI is InChI=1S/C24H21Cl2N3O2/c1-14-28-21-12-23(31-3)22(30-2)11-20(21)24(29-14)27-13-15-5-4-6-16(7-15)17-8-18(25)10-19(26)9-17/h4-12H,13H2,1-3H3,(H,27,28,29). The summed E-state index contributed by atoms with van der Waals surface area (Å²) in [7, 11) is 3.22. The molecular weight excluding hydrogens is 433 g/mol. The second kappa shape index (κ2) is 9.00. The number of nitrogens with zero attached hydrogens (tertiary/aromatic N) is 2. The van der Waals surface area contributed by atoms with Gasteiger partial charge in [0.2, 0.25) is 0 Å². The number of hydrogen-bond donors (Lipinski definition) is 1. The van der Waals surface area contributed by atoms with Crippen molar-refractivity contribution in [1.82, 2.24) is 9.97 Å². The fourth-order valence-corrected chi connectivity index (χ4v) is 4.00. The van der Waals surface area contributed by atoms with Crippen LogP contribution in [0.1, 0.15) is 11.4 Å². The molecule has 4 aromatic rings. The van der Waals surface area contributed by atoms with Gasteiger partial charge in [0, 0.05) is 28.0 Å². The van der Waals surface area contributed by atoms with Crippen molar-refractivity contribution in [3.63, 3.8) is 0 Å². The minimum Gasteiger partial charge on any atom is -0.493 e. The van der Waals surface area contributed by atoms with Gasteiger partial charge in [0.25, 0.3) is 0 Å². The second-order valence-corrected chi connectivity index (χ2v) is 7.93. The Morgan fingerprint density at radius 2 is 1.55 bits per heavy atom. The molecule has 1 heterocycles. The van der Waals surface area contributed by atoms with E-state index >= 15 is 0 Å². The number of nitrogens with one attached hydrogen (secondary N) is 1. The highest BCUT2D eigenvalue weighted by Gasteiger charge is 2.12. The predicted molar refractivity (Wildman–Crippen MR) is 127 cm³/mol. The minimum atomic E-state index is 0.585. The van der Waals surface area contributed by atoms with E-state index < -0.39 is 0 Å². The lowest BCUT2D eigenvalue weighted by atomic mass is 10.0. The van der Waals surface area contributed by atoms with Gasteiger partial charge in [-0.1, -0.05) is 41.4 Å². The maximum atomic E-state index is 6.17. The Balaban J connectivity index is 1.65. The molecule has 0 fully saturated rings. The van der Waals surface area contributed by atoms with Gasteiger partial charge in [-0.25, -0.2) is 9.97 Å². The largest absolute Gasteiger partial charge is 0.493 e. The maximum absolute atomic E-state index is 6.17. The van der Waals surface area contributed by atoms with E-state index in [0.717, 1.165) is 33.4 Å². The van der Waals surface area contributed by atoms with Crippen molar-refractivity contribution in [2.24, 2.45) is 0 Å². The van der Waals surface area contributed by atoms with Gasteiger partial charge in [0.15, 0.2) is 11.5 Å². The Kier molecular flexibility index (Phi) is 6.16. The summed E-state index contributed by atoms with van der Waals surface area (Å²) in [4.78, 5) is 9.13. The molecule has 4 rings (SSSR count). The molecule has 0 radical (unpaired) electrons. The summed E-state index contributed by atoms with van der Waals surface area (Å²) in [5.41, 5.74) is 3.90. The zero-order chi connectivity index (χ0) is 22.0. The molecule has 5 nitrogen and oxygen atoms in total. The van der Waals surface area contributed by atoms with Gasteiger partial charge < -0.3 is 14.8 Å². The van der Waals surface area contributed by atoms with E-state index in [0.29, 0.717) is 33.9 Å². The van der Waals surface area contributed by atoms with E-state index in [-0.39, 0.29) is 0 Å². The molecule has 31 heavy (non-hydrogen) atoms. The van der Waals surface area contributed by atoms with Crippen LogP contribution in [-0.4, -0.2) is 24.2 Å². The van der Waals surface area contributed by atoms with E-state index in [1.165, 1.54) is 0 Å². The van der Waals surface area contributed by atoms with Crippen LogP contribution in [0.4, 0.5) is 5.82 Å². The van der Waals surface area contributed by atoms with Crippen molar-refractivity contribution in [3.05, 3.63) is 76.0 Å². The zero-order valence-electron chi connectivity index (χ0n) is 17.4. The van der Waals surface area contributed by atoms with Crippen molar-refractivity contribution in [2.45, 2.75) is 13.5 Å². The van der Waals surface area contributed by atoms with E-state index in [2.05, 4.69) is 27.4 Å². The lowest BCUT2D eigenvalue weighted by Crippen LogP contribution is -2.05. The van der Waals surface area contributed by atoms with Crippen molar-refractivity contribution in [2.75, 3.05) is 19.5 Å². The van der Waals surface area contributed by atoms with Crippen LogP contribution in [0, 0.1) is 6.92 Å². The van der Waals surface area contributed by atoms with Gasteiger partial charge in [0.05, 0.1) is 19.7 Å². The average Bonchev–Trinajstić information content (AvgIpc) is 2.76. The first-order chi connectivity index (χ1) is 15.0. The molecule has 0 bridgehead atoms. The van der Waals surface area contributed by atoms with Crippen LogP contribution >= 0.6 is 23.2 Å². The number of anilines is 1. The normalized spacial score (nSPS) is 10.9. The Hall–Kier alpha value is -3.02. The van der Waals surface area contributed by atoms with Crippen LogP contribution in [0.15, 0.2) is 54.6 Å². The van der Waals surface area contributed by atoms with E-state index in [1.54, 1.807) is 20.3 Å². The average molecular weight is 454 g/mol. The maximum Gasteiger partial charge on any atom is 0.162 e. The molecule has 0 aliphatic carbocycles. The predicted octanol–water partition coefficient (Wildman–Crippen LogP) is 6.54. The molecular formula is C24H21Cl2N3O2. The SMILES string of the molecule is COc1cc2nc(C)nc(NCc3cccc(-c4cc(Cl)cc(Cl)c4)c3)c2cc1OC. The topological polar surface area (TPSA) is 56.3 Å². The summed E-state index contributed by atoms with van der Waals surface area (Å²) >= 11 is 12.3. The fourth-order valence-electron chi connectivity index (χ4n) is 3.47. The monoisotopic (exact) mass is 453 g/mol. The molecule has 7 heteroatoms. The molecule has 0 saturated heterocycles. The molecule has 3 aromatic carbocycles. The number of aryl methyl sites for hydroxylation is 1. The number of ether oxygens (including phenoxy) is 2. The molecule has 1 N–H and O–H groups in total. The molecule has 0 aliphatic rings. The summed E-state index contributed by atoms with van der Waals surface area (Å²) in [6.45, 7) is 2.45. The third-order valence-corrected chi connectivity index (χ3v) is 5.33. The number of hydrogen-bond acceptors (Lipinski definition) is 5. The number of halogens is 2. The van der Waals surface area contributed by atoms with Gasteiger partial charge in [-0.2, -0.15) is 0 Å². The van der Waals surface area contributed by atoms with Gasteiger partial charge in [-0.3, -0.25) is 0 Å². The first-order valence-electron chi connectivity index (χ1n) is 9.66. The van der Waals surface area contributed by atoms with Crippen LogP contribution in [0.25, 0.3) is 22.0 Å². The Labute approximate surface area is 191 Å². The van der Waals surface area contributed by atoms with Crippen LogP contribution in [-0.2, 0) is 6.54 Å². The minimum absolute atomic E-state index is 0.585. The lowest BCUT2D eigenvalue weighted by Gasteiger charge is -2.13. The Morgan fingerprint density at radius 1 is 0.839 bits per heavy atom. The third kappa shape index (κ3) is 4.68. The van der Waals surface area contributed by atoms with Gasteiger partial charge in [-0.05, 0) is 53.9 Å². The molecule has 0 aliphatic heterocycles. The quantitative estimate of drug-likeness (QED) is 0.359. The van der Waals surface area contributed by atoms with E-state index in [1.807, 2.05) is 43.3 Å². The van der Waals surface area contributed by atoms with Gasteiger partial charge in [0.1, 0.15) is 11.6 Å². The third-order valence-electron chi connectivity index (χ3n) is 4.90. The Bertz CT molecular complexity index is 1240. The summed E-state index contributed by atoms with van der Waals surface area (Å²) in [5.74, 6) is 2.67. The highest BCUT2D eigenvalue weighted by atomic mass is 35.5. The van der Waals surface area contributed by atoms with Crippen molar-refractivity contribution >= 4 is 39.9 Å². The van der Waals surface area contributed by atoms with Gasteiger partial charge >= 0.3 is 0 Å². The Morgan fingerprint density at radius 3 is 2.26 bits per heavy atom. The molecule has 0 amide bonds. The number of aromatic nitrogens is 2. The summed E-state index contributed by atoms with van der Waals surface area (Å²) < 4.78 is 10.8. The van der Waals surface area contributed by atoms with Crippen LogP contribution in [0.3, 0.4) is 0 Å². The summed E-state index contributed by atoms with van der Waals surface area (Å²) in [6.07, 6.45) is 0. The highest BCUT2D eigenvalue weighted by molar-refractivity contribution is 6.35.